The number of nitrogens with two attached hydrogens (primary N) is 2. The molecule has 0 atom stereocenters. The third-order valence-electron chi connectivity index (χ3n) is 4.92. The highest BCUT2D eigenvalue weighted by Gasteiger charge is 2.29. The quantitative estimate of drug-likeness (QED) is 0.516. The van der Waals surface area contributed by atoms with E-state index in [-0.39, 0.29) is 11.4 Å². The van der Waals surface area contributed by atoms with Crippen LogP contribution in [0, 0.1) is 5.82 Å². The van der Waals surface area contributed by atoms with Crippen LogP contribution in [0.5, 0.6) is 5.75 Å². The summed E-state index contributed by atoms with van der Waals surface area (Å²) in [5.41, 5.74) is 15.9. The number of hydrogen-bond acceptors (Lipinski definition) is 4. The van der Waals surface area contributed by atoms with Crippen molar-refractivity contribution in [2.75, 3.05) is 12.3 Å². The van der Waals surface area contributed by atoms with Gasteiger partial charge in [0, 0.05) is 23.7 Å². The summed E-state index contributed by atoms with van der Waals surface area (Å²) in [5.74, 6) is -0.348. The molecule has 2 aromatic carbocycles. The molecule has 1 aromatic heterocycles. The van der Waals surface area contributed by atoms with Gasteiger partial charge in [-0.05, 0) is 46.9 Å². The van der Waals surface area contributed by atoms with E-state index >= 15 is 0 Å². The Labute approximate surface area is 162 Å². The van der Waals surface area contributed by atoms with Crippen molar-refractivity contribution in [2.45, 2.75) is 19.8 Å². The van der Waals surface area contributed by atoms with Gasteiger partial charge in [0.1, 0.15) is 11.4 Å². The molecule has 6 heteroatoms. The van der Waals surface area contributed by atoms with Crippen molar-refractivity contribution in [1.29, 1.82) is 0 Å². The number of aromatic nitrogens is 1. The van der Waals surface area contributed by atoms with Crippen LogP contribution in [0.2, 0.25) is 0 Å². The van der Waals surface area contributed by atoms with Gasteiger partial charge in [-0.3, -0.25) is 9.78 Å². The lowest BCUT2D eigenvalue weighted by molar-refractivity contribution is 0.0995. The third kappa shape index (κ3) is 2.87. The summed E-state index contributed by atoms with van der Waals surface area (Å²) in [4.78, 5) is 16.2. The van der Waals surface area contributed by atoms with Crippen LogP contribution in [0.15, 0.2) is 42.6 Å². The Hall–Kier alpha value is -3.41. The van der Waals surface area contributed by atoms with Crippen molar-refractivity contribution in [3.05, 3.63) is 65.2 Å². The summed E-state index contributed by atoms with van der Waals surface area (Å²) in [6.45, 7) is 2.67. The second-order valence-corrected chi connectivity index (χ2v) is 6.79. The van der Waals surface area contributed by atoms with Crippen LogP contribution in [0.4, 0.5) is 10.1 Å². The Morgan fingerprint density at radius 2 is 2.04 bits per heavy atom. The minimum absolute atomic E-state index is 0.0618. The highest BCUT2D eigenvalue weighted by molar-refractivity contribution is 6.00. The van der Waals surface area contributed by atoms with Crippen LogP contribution in [0.25, 0.3) is 22.3 Å². The number of nitrogens with zero attached hydrogens (tertiary/aromatic N) is 1. The van der Waals surface area contributed by atoms with Gasteiger partial charge >= 0.3 is 0 Å². The van der Waals surface area contributed by atoms with Gasteiger partial charge in [-0.25, -0.2) is 4.39 Å². The number of carbonyl (C=O) groups is 1. The maximum atomic E-state index is 14.7. The molecule has 1 aliphatic carbocycles. The van der Waals surface area contributed by atoms with Crippen LogP contribution in [0.3, 0.4) is 0 Å². The number of ether oxygens (including phenoxy) is 1. The van der Waals surface area contributed by atoms with Crippen molar-refractivity contribution in [3.8, 4) is 28.0 Å². The van der Waals surface area contributed by atoms with Gasteiger partial charge in [-0.2, -0.15) is 0 Å². The summed E-state index contributed by atoms with van der Waals surface area (Å²) in [6, 6.07) is 10.6. The average Bonchev–Trinajstić information content (AvgIpc) is 3.06. The molecular formula is C22H20FN3O2. The molecule has 0 radical (unpaired) electrons. The van der Waals surface area contributed by atoms with E-state index in [4.69, 9.17) is 16.2 Å². The molecule has 0 saturated carbocycles. The number of rotatable bonds is 5. The van der Waals surface area contributed by atoms with E-state index in [1.54, 1.807) is 12.1 Å². The lowest BCUT2D eigenvalue weighted by Gasteiger charge is -2.13. The minimum Gasteiger partial charge on any atom is -0.494 e. The number of fused-ring (bicyclic) bond motifs is 3. The van der Waals surface area contributed by atoms with Gasteiger partial charge in [0.25, 0.3) is 5.91 Å². The van der Waals surface area contributed by atoms with Crippen LogP contribution in [-0.4, -0.2) is 17.5 Å². The van der Waals surface area contributed by atoms with Gasteiger partial charge in [0.15, 0.2) is 5.82 Å². The Kier molecular flexibility index (Phi) is 4.47. The van der Waals surface area contributed by atoms with Crippen molar-refractivity contribution in [3.63, 3.8) is 0 Å². The van der Waals surface area contributed by atoms with Crippen molar-refractivity contribution < 1.29 is 13.9 Å². The van der Waals surface area contributed by atoms with Crippen molar-refractivity contribution >= 4 is 11.6 Å². The molecule has 5 nitrogen and oxygen atoms in total. The maximum absolute atomic E-state index is 14.7. The summed E-state index contributed by atoms with van der Waals surface area (Å²) in [6.07, 6.45) is 2.89. The highest BCUT2D eigenvalue weighted by atomic mass is 19.1. The van der Waals surface area contributed by atoms with Crippen molar-refractivity contribution in [2.24, 2.45) is 5.73 Å². The molecule has 3 aromatic rings. The molecule has 0 fully saturated rings. The molecule has 0 aliphatic heterocycles. The van der Waals surface area contributed by atoms with Gasteiger partial charge < -0.3 is 16.2 Å². The largest absolute Gasteiger partial charge is 0.494 e. The van der Waals surface area contributed by atoms with Crippen LogP contribution >= 0.6 is 0 Å². The van der Waals surface area contributed by atoms with Crippen LogP contribution < -0.4 is 16.2 Å². The second kappa shape index (κ2) is 6.96. The van der Waals surface area contributed by atoms with E-state index in [1.165, 1.54) is 12.3 Å². The first-order valence-electron chi connectivity index (χ1n) is 9.13. The number of benzene rings is 2. The first kappa shape index (κ1) is 18.0. The van der Waals surface area contributed by atoms with E-state index in [9.17, 15) is 9.18 Å². The number of primary amides is 1. The maximum Gasteiger partial charge on any atom is 0.267 e. The number of carbonyl (C=O) groups excluding carboxylic acids is 1. The molecule has 142 valence electrons. The number of nitrogen functional groups attached to an aromatic ring is 1. The normalized spacial score (nSPS) is 11.8. The monoisotopic (exact) mass is 377 g/mol. The molecule has 4 rings (SSSR count). The first-order valence-corrected chi connectivity index (χ1v) is 9.13. The van der Waals surface area contributed by atoms with E-state index in [0.29, 0.717) is 29.7 Å². The van der Waals surface area contributed by atoms with E-state index < -0.39 is 11.7 Å². The minimum atomic E-state index is -0.605. The zero-order valence-corrected chi connectivity index (χ0v) is 15.5. The summed E-state index contributed by atoms with van der Waals surface area (Å²) in [7, 11) is 0. The van der Waals surface area contributed by atoms with E-state index in [2.05, 4.69) is 4.98 Å². The Morgan fingerprint density at radius 1 is 1.21 bits per heavy atom. The fraction of sp³-hybridized carbons (Fsp3) is 0.182. The lowest BCUT2D eigenvalue weighted by Crippen LogP contribution is -2.16. The standard InChI is InChI=1S/C22H20FN3O2/c1-2-8-28-13-6-7-14-12(9-13)10-16-19(14)17(11-26-21(16)22(25)27)15-4-3-5-18(24)20(15)23/h3-7,9,11H,2,8,10,24H2,1H3,(H2,25,27). The van der Waals surface area contributed by atoms with E-state index in [1.807, 2.05) is 25.1 Å². The molecule has 4 N–H and O–H groups in total. The molecule has 28 heavy (non-hydrogen) atoms. The Bertz CT molecular complexity index is 1100. The van der Waals surface area contributed by atoms with Crippen LogP contribution in [-0.2, 0) is 6.42 Å². The number of anilines is 1. The zero-order chi connectivity index (χ0) is 19.8. The highest BCUT2D eigenvalue weighted by Crippen LogP contribution is 2.45. The summed E-state index contributed by atoms with van der Waals surface area (Å²) < 4.78 is 20.5. The van der Waals surface area contributed by atoms with E-state index in [0.717, 1.165) is 28.9 Å². The number of pyridine rings is 1. The lowest BCUT2D eigenvalue weighted by atomic mass is 9.94. The Balaban J connectivity index is 1.93. The molecule has 1 heterocycles. The molecular weight excluding hydrogens is 357 g/mol. The predicted molar refractivity (Wildman–Crippen MR) is 107 cm³/mol. The fourth-order valence-electron chi connectivity index (χ4n) is 3.67. The van der Waals surface area contributed by atoms with Gasteiger partial charge in [0.05, 0.1) is 12.3 Å². The number of halogens is 1. The summed E-state index contributed by atoms with van der Waals surface area (Å²) >= 11 is 0. The fourth-order valence-corrected chi connectivity index (χ4v) is 3.67. The summed E-state index contributed by atoms with van der Waals surface area (Å²) in [5, 5.41) is 0. The molecule has 1 amide bonds. The average molecular weight is 377 g/mol. The SMILES string of the molecule is CCCOc1ccc2c(c1)Cc1c(C(N)=O)ncc(-c3cccc(N)c3F)c1-2. The molecule has 0 spiro atoms. The third-order valence-corrected chi connectivity index (χ3v) is 4.92. The predicted octanol–water partition coefficient (Wildman–Crippen LogP) is 3.93. The molecule has 0 saturated heterocycles. The topological polar surface area (TPSA) is 91.2 Å². The molecule has 1 aliphatic rings. The second-order valence-electron chi connectivity index (χ2n) is 6.79. The number of hydrogen-bond donors (Lipinski definition) is 2. The van der Waals surface area contributed by atoms with Crippen molar-refractivity contribution in [1.82, 2.24) is 4.98 Å². The van der Waals surface area contributed by atoms with Gasteiger partial charge in [-0.15, -0.1) is 0 Å². The molecule has 0 bridgehead atoms. The van der Waals surface area contributed by atoms with Crippen LogP contribution in [0.1, 0.15) is 35.0 Å². The first-order chi connectivity index (χ1) is 13.5. The van der Waals surface area contributed by atoms with Gasteiger partial charge in [0.2, 0.25) is 0 Å². The number of amides is 1. The smallest absolute Gasteiger partial charge is 0.267 e. The molecule has 0 unspecified atom stereocenters. The van der Waals surface area contributed by atoms with Gasteiger partial charge in [-0.1, -0.05) is 25.1 Å². The zero-order valence-electron chi connectivity index (χ0n) is 15.5. The Morgan fingerprint density at radius 3 is 2.79 bits per heavy atom.